The molecule has 0 saturated carbocycles. The summed E-state index contributed by atoms with van der Waals surface area (Å²) in [6.07, 6.45) is -1.06. The van der Waals surface area contributed by atoms with Gasteiger partial charge in [-0.2, -0.15) is 0 Å². The maximum Gasteiger partial charge on any atom is 0.267 e. The van der Waals surface area contributed by atoms with Crippen LogP contribution < -0.4 is 18.9 Å². The lowest BCUT2D eigenvalue weighted by Crippen LogP contribution is -2.49. The van der Waals surface area contributed by atoms with E-state index in [9.17, 15) is 4.79 Å². The van der Waals surface area contributed by atoms with E-state index in [0.29, 0.717) is 29.5 Å². The van der Waals surface area contributed by atoms with Crippen LogP contribution in [0.5, 0.6) is 23.0 Å². The van der Waals surface area contributed by atoms with E-state index in [1.54, 1.807) is 32.2 Å². The average molecular weight is 357 g/mol. The molecule has 1 heterocycles. The zero-order chi connectivity index (χ0) is 18.7. The third-order valence-corrected chi connectivity index (χ3v) is 4.33. The summed E-state index contributed by atoms with van der Waals surface area (Å²) in [4.78, 5) is 14.5. The molecule has 0 fully saturated rings. The topological polar surface area (TPSA) is 57.2 Å². The summed E-state index contributed by atoms with van der Waals surface area (Å²) in [6.45, 7) is 2.26. The van der Waals surface area contributed by atoms with E-state index < -0.39 is 6.10 Å². The van der Waals surface area contributed by atoms with E-state index in [4.69, 9.17) is 18.9 Å². The van der Waals surface area contributed by atoms with Crippen molar-refractivity contribution in [2.24, 2.45) is 0 Å². The predicted octanol–water partition coefficient (Wildman–Crippen LogP) is 2.89. The van der Waals surface area contributed by atoms with Crippen molar-refractivity contribution in [1.82, 2.24) is 4.90 Å². The minimum absolute atomic E-state index is 0.137. The molecule has 6 nitrogen and oxygen atoms in total. The van der Waals surface area contributed by atoms with Crippen molar-refractivity contribution in [3.8, 4) is 23.0 Å². The van der Waals surface area contributed by atoms with Crippen molar-refractivity contribution in [3.05, 3.63) is 48.0 Å². The second-order valence-corrected chi connectivity index (χ2v) is 6.19. The Labute approximate surface area is 153 Å². The first kappa shape index (κ1) is 17.9. The van der Waals surface area contributed by atoms with Gasteiger partial charge < -0.3 is 23.8 Å². The number of ether oxygens (including phenoxy) is 4. The summed E-state index contributed by atoms with van der Waals surface area (Å²) in [7, 11) is 4.92. The van der Waals surface area contributed by atoms with Crippen molar-refractivity contribution in [1.29, 1.82) is 0 Å². The highest BCUT2D eigenvalue weighted by Crippen LogP contribution is 2.34. The first-order chi connectivity index (χ1) is 12.5. The highest BCUT2D eigenvalue weighted by Gasteiger charge is 2.35. The number of fused-ring (bicyclic) bond motifs is 1. The zero-order valence-corrected chi connectivity index (χ0v) is 15.4. The van der Waals surface area contributed by atoms with Crippen molar-refractivity contribution in [2.45, 2.75) is 25.7 Å². The molecule has 0 bridgehead atoms. The number of nitrogens with zero attached hydrogens (tertiary/aromatic N) is 1. The van der Waals surface area contributed by atoms with E-state index in [2.05, 4.69) is 0 Å². The molecule has 2 aromatic rings. The van der Waals surface area contributed by atoms with Crippen LogP contribution in [-0.4, -0.2) is 44.3 Å². The number of hydrogen-bond donors (Lipinski definition) is 0. The highest BCUT2D eigenvalue weighted by molar-refractivity contribution is 5.82. The second-order valence-electron chi connectivity index (χ2n) is 6.19. The van der Waals surface area contributed by atoms with Crippen LogP contribution in [0.2, 0.25) is 0 Å². The Kier molecular flexibility index (Phi) is 5.21. The highest BCUT2D eigenvalue weighted by atomic mass is 16.6. The molecule has 0 radical (unpaired) electrons. The molecule has 1 aliphatic rings. The molecule has 3 rings (SSSR count). The lowest BCUT2D eigenvalue weighted by molar-refractivity contribution is -0.143. The van der Waals surface area contributed by atoms with Crippen molar-refractivity contribution in [3.63, 3.8) is 0 Å². The van der Waals surface area contributed by atoms with E-state index >= 15 is 0 Å². The minimum atomic E-state index is -0.685. The fourth-order valence-electron chi connectivity index (χ4n) is 2.94. The molecule has 0 aromatic heterocycles. The van der Waals surface area contributed by atoms with Gasteiger partial charge in [-0.1, -0.05) is 18.2 Å². The van der Waals surface area contributed by atoms with Gasteiger partial charge in [-0.25, -0.2) is 0 Å². The van der Waals surface area contributed by atoms with Gasteiger partial charge in [0.15, 0.2) is 23.0 Å². The fourth-order valence-corrected chi connectivity index (χ4v) is 2.94. The largest absolute Gasteiger partial charge is 0.493 e. The van der Waals surface area contributed by atoms with Gasteiger partial charge in [0.05, 0.1) is 14.2 Å². The summed E-state index contributed by atoms with van der Waals surface area (Å²) >= 11 is 0. The summed E-state index contributed by atoms with van der Waals surface area (Å²) in [6, 6.07) is 13.0. The van der Waals surface area contributed by atoms with Crippen LogP contribution in [-0.2, 0) is 11.3 Å². The number of carbonyl (C=O) groups excluding carboxylic acids is 1. The SMILES string of the molecule is COc1ccc(CN(C)C(=O)C2Oc3ccccc3OC2C)cc1OC. The van der Waals surface area contributed by atoms with E-state index in [1.807, 2.05) is 43.3 Å². The molecule has 26 heavy (non-hydrogen) atoms. The molecule has 2 unspecified atom stereocenters. The number of para-hydroxylation sites is 2. The smallest absolute Gasteiger partial charge is 0.267 e. The molecule has 2 atom stereocenters. The van der Waals surface area contributed by atoms with Gasteiger partial charge in [0, 0.05) is 13.6 Å². The molecule has 6 heteroatoms. The molecule has 2 aromatic carbocycles. The molecule has 1 aliphatic heterocycles. The maximum atomic E-state index is 12.9. The maximum absolute atomic E-state index is 12.9. The molecule has 0 N–H and O–H groups in total. The fraction of sp³-hybridized carbons (Fsp3) is 0.350. The van der Waals surface area contributed by atoms with Crippen LogP contribution in [0.4, 0.5) is 0 Å². The summed E-state index contributed by atoms with van der Waals surface area (Å²) < 4.78 is 22.3. The van der Waals surface area contributed by atoms with E-state index in [-0.39, 0.29) is 12.0 Å². The number of rotatable bonds is 5. The monoisotopic (exact) mass is 357 g/mol. The third kappa shape index (κ3) is 3.54. The third-order valence-electron chi connectivity index (χ3n) is 4.33. The van der Waals surface area contributed by atoms with Gasteiger partial charge in [0.25, 0.3) is 5.91 Å². The standard InChI is InChI=1S/C20H23NO5/c1-13-19(26-17-8-6-5-7-16(17)25-13)20(22)21(2)12-14-9-10-15(23-3)18(11-14)24-4/h5-11,13,19H,12H2,1-4H3. The van der Waals surface area contributed by atoms with Gasteiger partial charge in [-0.05, 0) is 36.8 Å². The molecule has 0 aliphatic carbocycles. The number of amides is 1. The summed E-state index contributed by atoms with van der Waals surface area (Å²) in [5, 5.41) is 0. The molecule has 1 amide bonds. The van der Waals surface area contributed by atoms with E-state index in [0.717, 1.165) is 5.56 Å². The molecular formula is C20H23NO5. The minimum Gasteiger partial charge on any atom is -0.493 e. The molecular weight excluding hydrogens is 334 g/mol. The second kappa shape index (κ2) is 7.56. The van der Waals surface area contributed by atoms with Crippen molar-refractivity contribution < 1.29 is 23.7 Å². The molecule has 0 saturated heterocycles. The number of benzene rings is 2. The Morgan fingerprint density at radius 1 is 1.04 bits per heavy atom. The first-order valence-corrected chi connectivity index (χ1v) is 8.41. The van der Waals surface area contributed by atoms with Gasteiger partial charge >= 0.3 is 0 Å². The van der Waals surface area contributed by atoms with Gasteiger partial charge in [0.1, 0.15) is 6.10 Å². The number of carbonyl (C=O) groups is 1. The van der Waals surface area contributed by atoms with Crippen LogP contribution in [0.3, 0.4) is 0 Å². The van der Waals surface area contributed by atoms with Crippen LogP contribution in [0.1, 0.15) is 12.5 Å². The van der Waals surface area contributed by atoms with Crippen molar-refractivity contribution >= 4 is 5.91 Å². The summed E-state index contributed by atoms with van der Waals surface area (Å²) in [5.41, 5.74) is 0.934. The first-order valence-electron chi connectivity index (χ1n) is 8.41. The van der Waals surface area contributed by atoms with Gasteiger partial charge in [0.2, 0.25) is 6.10 Å². The van der Waals surface area contributed by atoms with E-state index in [1.165, 1.54) is 0 Å². The Bertz CT molecular complexity index is 792. The Hall–Kier alpha value is -2.89. The summed E-state index contributed by atoms with van der Waals surface area (Å²) in [5.74, 6) is 2.39. The van der Waals surface area contributed by atoms with Crippen LogP contribution in [0.15, 0.2) is 42.5 Å². The van der Waals surface area contributed by atoms with Crippen LogP contribution in [0, 0.1) is 0 Å². The van der Waals surface area contributed by atoms with Crippen LogP contribution in [0.25, 0.3) is 0 Å². The van der Waals surface area contributed by atoms with Gasteiger partial charge in [-0.15, -0.1) is 0 Å². The molecule has 0 spiro atoms. The number of likely N-dealkylation sites (N-methyl/N-ethyl adjacent to an activating group) is 1. The lowest BCUT2D eigenvalue weighted by Gasteiger charge is -2.33. The van der Waals surface area contributed by atoms with Crippen LogP contribution >= 0.6 is 0 Å². The van der Waals surface area contributed by atoms with Crippen molar-refractivity contribution in [2.75, 3.05) is 21.3 Å². The Balaban J connectivity index is 1.72. The number of methoxy groups -OCH3 is 2. The predicted molar refractivity (Wildman–Crippen MR) is 97.0 cm³/mol. The van der Waals surface area contributed by atoms with Gasteiger partial charge in [-0.3, -0.25) is 4.79 Å². The quantitative estimate of drug-likeness (QED) is 0.824. The number of hydrogen-bond acceptors (Lipinski definition) is 5. The Morgan fingerprint density at radius 3 is 2.35 bits per heavy atom. The Morgan fingerprint density at radius 2 is 1.69 bits per heavy atom. The molecule has 138 valence electrons. The lowest BCUT2D eigenvalue weighted by atomic mass is 10.1. The zero-order valence-electron chi connectivity index (χ0n) is 15.4. The normalized spacial score (nSPS) is 18.2. The average Bonchev–Trinajstić information content (AvgIpc) is 2.66.